The Morgan fingerprint density at radius 3 is 1.05 bits per heavy atom. The van der Waals surface area contributed by atoms with Crippen LogP contribution in [0.2, 0.25) is 0 Å². The molecule has 16 heteroatoms. The lowest BCUT2D eigenvalue weighted by Crippen LogP contribution is -2.52. The normalized spacial score (nSPS) is 15.7. The summed E-state index contributed by atoms with van der Waals surface area (Å²) in [6.07, 6.45) is -5.96. The molecule has 0 aromatic heterocycles. The summed E-state index contributed by atoms with van der Waals surface area (Å²) in [5.74, 6) is 0. The summed E-state index contributed by atoms with van der Waals surface area (Å²) in [4.78, 5) is 0. The highest BCUT2D eigenvalue weighted by atomic mass is 32.3. The molecule has 0 aliphatic heterocycles. The number of rotatable bonds is 3. The van der Waals surface area contributed by atoms with E-state index in [1.165, 1.54) is 0 Å². The van der Waals surface area contributed by atoms with Gasteiger partial charge >= 0.3 is 37.2 Å². The molecule has 0 radical (unpaired) electrons. The van der Waals surface area contributed by atoms with Crippen LogP contribution in [0, 0.1) is 0 Å². The molecule has 0 aliphatic carbocycles. The molecule has 0 saturated carbocycles. The molecule has 0 saturated heterocycles. The monoisotopic (exact) mass is 363 g/mol. The van der Waals surface area contributed by atoms with Gasteiger partial charge in [0, 0.05) is 0 Å². The van der Waals surface area contributed by atoms with Gasteiger partial charge < -0.3 is 0 Å². The van der Waals surface area contributed by atoms with Gasteiger partial charge in [0.15, 0.2) is 0 Å². The Labute approximate surface area is 105 Å². The maximum absolute atomic E-state index is 11.9. The van der Waals surface area contributed by atoms with Crippen molar-refractivity contribution in [1.29, 1.82) is 0 Å². The molecule has 0 aromatic rings. The first-order chi connectivity index (χ1) is 8.34. The molecular formula is C4H2F9NO4S2. The predicted octanol–water partition coefficient (Wildman–Crippen LogP) is 1.55. The average molecular weight is 363 g/mol. The van der Waals surface area contributed by atoms with Gasteiger partial charge in [-0.15, -0.1) is 0 Å². The zero-order chi connectivity index (χ0) is 16.8. The van der Waals surface area contributed by atoms with Gasteiger partial charge in [-0.1, -0.05) is 3.71 Å². The summed E-state index contributed by atoms with van der Waals surface area (Å²) < 4.78 is 147. The van der Waals surface area contributed by atoms with Crippen LogP contribution in [-0.2, 0) is 20.0 Å². The number of halogens is 9. The number of hydrogen-bond acceptors (Lipinski definition) is 4. The van der Waals surface area contributed by atoms with Crippen LogP contribution in [0.3, 0.4) is 0 Å². The van der Waals surface area contributed by atoms with E-state index in [0.717, 1.165) is 0 Å². The minimum atomic E-state index is -7.41. The van der Waals surface area contributed by atoms with Crippen molar-refractivity contribution in [2.24, 2.45) is 0 Å². The molecule has 0 bridgehead atoms. The molecule has 122 valence electrons. The fraction of sp³-hybridized carbons (Fsp3) is 1.00. The number of sulfonamides is 2. The van der Waals surface area contributed by atoms with Crippen LogP contribution >= 0.6 is 0 Å². The third kappa shape index (κ3) is 3.87. The molecule has 0 aromatic carbocycles. The number of alkyl halides is 9. The zero-order valence-corrected chi connectivity index (χ0v) is 10.1. The minimum absolute atomic E-state index is 2.68. The molecule has 5 nitrogen and oxygen atoms in total. The zero-order valence-electron chi connectivity index (χ0n) is 8.51. The van der Waals surface area contributed by atoms with Crippen molar-refractivity contribution in [1.82, 2.24) is 3.71 Å². The standard InChI is InChI=1S/C4H2F9NO4S2/c5-2(6,7)1-14(19(15,16)3(8,9)10)20(17,18)4(11,12)13/h1H2. The third-order valence-electron chi connectivity index (χ3n) is 1.43. The molecule has 0 heterocycles. The Kier molecular flexibility index (Phi) is 4.71. The molecule has 0 aliphatic rings. The van der Waals surface area contributed by atoms with Gasteiger partial charge in [-0.05, 0) is 0 Å². The van der Waals surface area contributed by atoms with E-state index in [0.29, 0.717) is 0 Å². The van der Waals surface area contributed by atoms with Gasteiger partial charge in [-0.2, -0.15) is 39.5 Å². The lowest BCUT2D eigenvalue weighted by atomic mass is 10.7. The maximum Gasteiger partial charge on any atom is 0.512 e. The number of hydrogen-bond donors (Lipinski definition) is 0. The molecule has 0 atom stereocenters. The van der Waals surface area contributed by atoms with Crippen LogP contribution in [0.4, 0.5) is 39.5 Å². The van der Waals surface area contributed by atoms with E-state index >= 15 is 0 Å². The van der Waals surface area contributed by atoms with Gasteiger partial charge in [-0.3, -0.25) is 0 Å². The van der Waals surface area contributed by atoms with E-state index in [1.54, 1.807) is 0 Å². The van der Waals surface area contributed by atoms with Crippen molar-refractivity contribution in [3.63, 3.8) is 0 Å². The van der Waals surface area contributed by atoms with Crippen LogP contribution < -0.4 is 0 Å². The molecule has 0 unspecified atom stereocenters. The molecule has 0 rings (SSSR count). The van der Waals surface area contributed by atoms with Crippen LogP contribution in [-0.4, -0.2) is 44.3 Å². The first-order valence-electron chi connectivity index (χ1n) is 3.81. The smallest absolute Gasteiger partial charge is 0.202 e. The first kappa shape index (κ1) is 19.2. The van der Waals surface area contributed by atoms with E-state index in [2.05, 4.69) is 0 Å². The highest BCUT2D eigenvalue weighted by Crippen LogP contribution is 2.36. The average Bonchev–Trinajstić information content (AvgIpc) is 2.08. The van der Waals surface area contributed by atoms with Crippen molar-refractivity contribution < 1.29 is 56.3 Å². The summed E-state index contributed by atoms with van der Waals surface area (Å²) in [6, 6.07) is 0. The second-order valence-electron chi connectivity index (χ2n) is 2.95. The molecule has 20 heavy (non-hydrogen) atoms. The van der Waals surface area contributed by atoms with Crippen molar-refractivity contribution in [3.05, 3.63) is 0 Å². The molecule has 0 spiro atoms. The van der Waals surface area contributed by atoms with Crippen LogP contribution in [0.1, 0.15) is 0 Å². The second-order valence-corrected chi connectivity index (χ2v) is 6.89. The van der Waals surface area contributed by atoms with Gasteiger partial charge in [0.1, 0.15) is 6.54 Å². The quantitative estimate of drug-likeness (QED) is 0.714. The Morgan fingerprint density at radius 1 is 0.650 bits per heavy atom. The molecular weight excluding hydrogens is 361 g/mol. The van der Waals surface area contributed by atoms with Gasteiger partial charge in [0.2, 0.25) is 0 Å². The largest absolute Gasteiger partial charge is 0.512 e. The summed E-state index contributed by atoms with van der Waals surface area (Å²) >= 11 is 0. The van der Waals surface area contributed by atoms with Crippen LogP contribution in [0.25, 0.3) is 0 Å². The van der Waals surface area contributed by atoms with Gasteiger partial charge in [-0.25, -0.2) is 16.8 Å². The van der Waals surface area contributed by atoms with Gasteiger partial charge in [0.05, 0.1) is 0 Å². The van der Waals surface area contributed by atoms with E-state index in [4.69, 9.17) is 0 Å². The van der Waals surface area contributed by atoms with Gasteiger partial charge in [0.25, 0.3) is 0 Å². The fourth-order valence-corrected chi connectivity index (χ4v) is 3.31. The van der Waals surface area contributed by atoms with Crippen molar-refractivity contribution in [3.8, 4) is 0 Å². The van der Waals surface area contributed by atoms with E-state index < -0.39 is 47.5 Å². The minimum Gasteiger partial charge on any atom is -0.202 e. The highest BCUT2D eigenvalue weighted by Gasteiger charge is 2.63. The van der Waals surface area contributed by atoms with E-state index in [-0.39, 0.29) is 0 Å². The van der Waals surface area contributed by atoms with Crippen molar-refractivity contribution in [2.45, 2.75) is 17.2 Å². The molecule has 0 N–H and O–H groups in total. The SMILES string of the molecule is O=S(=O)(N(CC(F)(F)F)S(=O)(=O)C(F)(F)F)C(F)(F)F. The Balaban J connectivity index is 6.20. The summed E-state index contributed by atoms with van der Waals surface area (Å²) in [5.41, 5.74) is -13.3. The van der Waals surface area contributed by atoms with E-state index in [1.807, 2.05) is 0 Å². The Hall–Kier alpha value is -0.770. The predicted molar refractivity (Wildman–Crippen MR) is 42.7 cm³/mol. The number of nitrogens with zero attached hydrogens (tertiary/aromatic N) is 1. The summed E-state index contributed by atoms with van der Waals surface area (Å²) in [6.45, 7) is -3.50. The first-order valence-corrected chi connectivity index (χ1v) is 6.69. The fourth-order valence-electron chi connectivity index (χ4n) is 0.676. The van der Waals surface area contributed by atoms with Crippen molar-refractivity contribution in [2.75, 3.05) is 6.54 Å². The third-order valence-corrected chi connectivity index (χ3v) is 5.11. The van der Waals surface area contributed by atoms with Crippen LogP contribution in [0.15, 0.2) is 0 Å². The van der Waals surface area contributed by atoms with Crippen molar-refractivity contribution >= 4 is 20.0 Å². The topological polar surface area (TPSA) is 71.5 Å². The Morgan fingerprint density at radius 2 is 0.900 bits per heavy atom. The van der Waals surface area contributed by atoms with E-state index in [9.17, 15) is 56.3 Å². The maximum atomic E-state index is 11.9. The highest BCUT2D eigenvalue weighted by molar-refractivity contribution is 8.04. The summed E-state index contributed by atoms with van der Waals surface area (Å²) in [7, 11) is -14.8. The Bertz CT molecular complexity index is 508. The second kappa shape index (κ2) is 4.90. The molecule has 0 amide bonds. The lowest BCUT2D eigenvalue weighted by molar-refractivity contribution is -0.132. The summed E-state index contributed by atoms with van der Waals surface area (Å²) in [5, 5.41) is 0. The lowest BCUT2D eigenvalue weighted by Gasteiger charge is -2.24. The van der Waals surface area contributed by atoms with Crippen LogP contribution in [0.5, 0.6) is 0 Å². The molecule has 0 fully saturated rings.